The second kappa shape index (κ2) is 6.21. The van der Waals surface area contributed by atoms with Crippen molar-refractivity contribution in [1.82, 2.24) is 9.47 Å². The largest absolute Gasteiger partial charge is 0.315 e. The number of likely N-dealkylation sites (tertiary alicyclic amines) is 1. The molecule has 1 fully saturated rings. The molecule has 2 atom stereocenters. The number of benzene rings is 1. The molecule has 130 valence electrons. The third-order valence-electron chi connectivity index (χ3n) is 6.16. The third-order valence-corrected chi connectivity index (χ3v) is 6.55. The van der Waals surface area contributed by atoms with Gasteiger partial charge in [-0.1, -0.05) is 47.1 Å². The van der Waals surface area contributed by atoms with E-state index in [1.54, 1.807) is 0 Å². The lowest BCUT2D eigenvalue weighted by Gasteiger charge is -2.49. The monoisotopic (exact) mass is 397 g/mol. The van der Waals surface area contributed by atoms with Crippen molar-refractivity contribution in [2.75, 3.05) is 11.9 Å². The molecule has 0 amide bonds. The van der Waals surface area contributed by atoms with E-state index in [2.05, 4.69) is 70.9 Å². The Hall–Kier alpha value is -1.73. The Labute approximate surface area is 158 Å². The van der Waals surface area contributed by atoms with Gasteiger partial charge in [-0.2, -0.15) is 5.26 Å². The van der Waals surface area contributed by atoms with E-state index < -0.39 is 0 Å². The summed E-state index contributed by atoms with van der Waals surface area (Å²) in [4.78, 5) is 2.04. The zero-order chi connectivity index (χ0) is 17.6. The highest BCUT2D eigenvalue weighted by molar-refractivity contribution is 9.09. The van der Waals surface area contributed by atoms with Gasteiger partial charge >= 0.3 is 0 Å². The number of allylic oxidation sites excluding steroid dienone is 1. The first-order valence-electron chi connectivity index (χ1n) is 9.21. The van der Waals surface area contributed by atoms with Crippen molar-refractivity contribution in [1.29, 1.82) is 5.26 Å². The highest BCUT2D eigenvalue weighted by atomic mass is 79.9. The molecule has 2 aromatic rings. The molecule has 0 radical (unpaired) electrons. The maximum Gasteiger partial charge on any atom is 0.179 e. The van der Waals surface area contributed by atoms with Crippen molar-refractivity contribution < 1.29 is 0 Å². The van der Waals surface area contributed by atoms with Crippen LogP contribution in [0.2, 0.25) is 0 Å². The van der Waals surface area contributed by atoms with Gasteiger partial charge in [0.25, 0.3) is 0 Å². The first-order chi connectivity index (χ1) is 12.2. The zero-order valence-corrected chi connectivity index (χ0v) is 16.5. The number of halogens is 1. The van der Waals surface area contributed by atoms with Crippen LogP contribution in [-0.4, -0.2) is 21.3 Å². The number of nitrogens with zero attached hydrogens (tertiary/aromatic N) is 3. The van der Waals surface area contributed by atoms with Gasteiger partial charge < -0.3 is 9.47 Å². The molecule has 1 aromatic carbocycles. The number of piperidine rings is 1. The van der Waals surface area contributed by atoms with Gasteiger partial charge in [-0.3, -0.25) is 0 Å². The van der Waals surface area contributed by atoms with E-state index in [4.69, 9.17) is 0 Å². The Morgan fingerprint density at radius 3 is 2.88 bits per heavy atom. The molecule has 2 aliphatic heterocycles. The molecule has 1 aromatic heterocycles. The fourth-order valence-corrected chi connectivity index (χ4v) is 5.53. The number of rotatable bonds is 3. The summed E-state index contributed by atoms with van der Waals surface area (Å²) in [5.74, 6) is 0. The molecule has 4 rings (SSSR count). The number of fused-ring (bicyclic) bond motifs is 5. The smallest absolute Gasteiger partial charge is 0.179 e. The van der Waals surface area contributed by atoms with Gasteiger partial charge in [0.1, 0.15) is 0 Å². The molecular formula is C21H24BrN3. The molecule has 2 aliphatic rings. The molecule has 0 bridgehead atoms. The number of alkyl halides is 1. The van der Waals surface area contributed by atoms with Crippen molar-refractivity contribution in [2.24, 2.45) is 5.41 Å². The Morgan fingerprint density at radius 1 is 1.36 bits per heavy atom. The quantitative estimate of drug-likeness (QED) is 0.507. The predicted octanol–water partition coefficient (Wildman–Crippen LogP) is 5.47. The molecule has 0 spiro atoms. The number of aryl methyl sites for hydroxylation is 1. The van der Waals surface area contributed by atoms with Gasteiger partial charge in [-0.15, -0.1) is 0 Å². The lowest BCUT2D eigenvalue weighted by Crippen LogP contribution is -2.46. The van der Waals surface area contributed by atoms with E-state index in [1.807, 2.05) is 4.90 Å². The van der Waals surface area contributed by atoms with Crippen molar-refractivity contribution >= 4 is 32.5 Å². The van der Waals surface area contributed by atoms with E-state index in [0.717, 1.165) is 31.1 Å². The van der Waals surface area contributed by atoms with E-state index in [0.29, 0.717) is 0 Å². The van der Waals surface area contributed by atoms with Crippen molar-refractivity contribution in [3.63, 3.8) is 0 Å². The summed E-state index contributed by atoms with van der Waals surface area (Å²) < 4.78 is 2.42. The molecule has 1 saturated heterocycles. The molecule has 4 heteroatoms. The summed E-state index contributed by atoms with van der Waals surface area (Å²) in [6.45, 7) is 5.37. The highest BCUT2D eigenvalue weighted by Gasteiger charge is 2.48. The van der Waals surface area contributed by atoms with Gasteiger partial charge in [-0.25, -0.2) is 0 Å². The zero-order valence-electron chi connectivity index (χ0n) is 14.9. The van der Waals surface area contributed by atoms with Gasteiger partial charge in [0.05, 0.1) is 17.3 Å². The number of hydrogen-bond donors (Lipinski definition) is 0. The number of aromatic nitrogens is 1. The first-order valence-corrected chi connectivity index (χ1v) is 10.3. The summed E-state index contributed by atoms with van der Waals surface area (Å²) in [6.07, 6.45) is 9.29. The van der Waals surface area contributed by atoms with Gasteiger partial charge in [0, 0.05) is 28.4 Å². The Morgan fingerprint density at radius 2 is 2.16 bits per heavy atom. The normalized spacial score (nSPS) is 25.3. The van der Waals surface area contributed by atoms with E-state index in [9.17, 15) is 5.26 Å². The maximum absolute atomic E-state index is 9.86. The van der Waals surface area contributed by atoms with Crippen LogP contribution in [0.25, 0.3) is 16.6 Å². The minimum Gasteiger partial charge on any atom is -0.315 e. The minimum atomic E-state index is 0.0729. The molecule has 3 nitrogen and oxygen atoms in total. The molecule has 0 aliphatic carbocycles. The highest BCUT2D eigenvalue weighted by Crippen LogP contribution is 2.55. The summed E-state index contributed by atoms with van der Waals surface area (Å²) >= 11 is 3.65. The molecule has 3 heterocycles. The van der Waals surface area contributed by atoms with E-state index in [1.165, 1.54) is 34.3 Å². The van der Waals surface area contributed by atoms with Crippen LogP contribution >= 0.6 is 15.9 Å². The van der Waals surface area contributed by atoms with Crippen molar-refractivity contribution in [3.8, 4) is 6.19 Å². The molecule has 0 saturated carbocycles. The van der Waals surface area contributed by atoms with Crippen LogP contribution in [-0.2, 0) is 6.42 Å². The van der Waals surface area contributed by atoms with Crippen LogP contribution in [0.4, 0.5) is 0 Å². The fraction of sp³-hybridized carbons (Fsp3) is 0.476. The molecule has 0 N–H and O–H groups in total. The van der Waals surface area contributed by atoms with E-state index in [-0.39, 0.29) is 11.5 Å². The topological polar surface area (TPSA) is 32.0 Å². The first kappa shape index (κ1) is 16.7. The Kier molecular flexibility index (Phi) is 4.16. The van der Waals surface area contributed by atoms with E-state index >= 15 is 0 Å². The summed E-state index contributed by atoms with van der Waals surface area (Å²) in [5, 5.41) is 12.1. The van der Waals surface area contributed by atoms with Gasteiger partial charge in [0.15, 0.2) is 6.19 Å². The summed E-state index contributed by atoms with van der Waals surface area (Å²) in [5.41, 5.74) is 5.41. The molecule has 0 unspecified atom stereocenters. The van der Waals surface area contributed by atoms with Gasteiger partial charge in [-0.05, 0) is 44.2 Å². The number of para-hydroxylation sites is 1. The second-order valence-corrected chi connectivity index (χ2v) is 8.12. The SMILES string of the molecule is CC[C@]12C=C(C)n3c(c(CCBr)c4ccccc43)[C@H]1N(C#N)CCC2. The standard InChI is InChI=1S/C21H24BrN3/c1-3-21-10-6-12-24(14-23)20(21)19-17(9-11-22)16-7-4-5-8-18(16)25(19)15(2)13-21/h4-5,7-8,13,20H,3,6,9-12H2,1-2H3/t20-,21+/m1/s1. The third kappa shape index (κ3) is 2.29. The van der Waals surface area contributed by atoms with Crippen LogP contribution in [0.3, 0.4) is 0 Å². The van der Waals surface area contributed by atoms with Crippen molar-refractivity contribution in [3.05, 3.63) is 41.6 Å². The second-order valence-electron chi connectivity index (χ2n) is 7.33. The Balaban J connectivity index is 2.08. The molecular weight excluding hydrogens is 374 g/mol. The van der Waals surface area contributed by atoms with Crippen LogP contribution in [0.5, 0.6) is 0 Å². The van der Waals surface area contributed by atoms with Crippen LogP contribution < -0.4 is 0 Å². The van der Waals surface area contributed by atoms with Crippen molar-refractivity contribution in [2.45, 2.75) is 45.6 Å². The summed E-state index contributed by atoms with van der Waals surface area (Å²) in [6, 6.07) is 8.85. The minimum absolute atomic E-state index is 0.0729. The van der Waals surface area contributed by atoms with Crippen LogP contribution in [0, 0.1) is 16.9 Å². The number of hydrogen-bond acceptors (Lipinski definition) is 2. The Bertz CT molecular complexity index is 888. The van der Waals surface area contributed by atoms with Crippen LogP contribution in [0.15, 0.2) is 30.3 Å². The lowest BCUT2D eigenvalue weighted by molar-refractivity contribution is 0.0778. The van der Waals surface area contributed by atoms with Crippen LogP contribution in [0.1, 0.15) is 50.4 Å². The average molecular weight is 398 g/mol. The summed E-state index contributed by atoms with van der Waals surface area (Å²) in [7, 11) is 0. The average Bonchev–Trinajstić information content (AvgIpc) is 2.96. The lowest BCUT2D eigenvalue weighted by atomic mass is 9.67. The predicted molar refractivity (Wildman–Crippen MR) is 106 cm³/mol. The molecule has 25 heavy (non-hydrogen) atoms. The fourth-order valence-electron chi connectivity index (χ4n) is 5.14. The number of nitriles is 1. The maximum atomic E-state index is 9.86. The van der Waals surface area contributed by atoms with Gasteiger partial charge in [0.2, 0.25) is 0 Å².